The molecule has 0 aromatic carbocycles. The van der Waals surface area contributed by atoms with Gasteiger partial charge in [-0.15, -0.1) is 0 Å². The minimum absolute atomic E-state index is 0. The van der Waals surface area contributed by atoms with Crippen molar-refractivity contribution in [2.24, 2.45) is 0 Å². The van der Waals surface area contributed by atoms with E-state index in [0.29, 0.717) is 0 Å². The van der Waals surface area contributed by atoms with Crippen molar-refractivity contribution in [2.45, 2.75) is 0 Å². The smallest absolute Gasteiger partial charge is 1.00 e. The Morgan fingerprint density at radius 1 is 0.917 bits per heavy atom. The van der Waals surface area contributed by atoms with Crippen LogP contribution in [0.2, 0.25) is 0 Å². The summed E-state index contributed by atoms with van der Waals surface area (Å²) < 4.78 is 22.2. The Hall–Kier alpha value is 2.69. The van der Waals surface area contributed by atoms with Gasteiger partial charge in [-0.2, -0.15) is 4.31 Å². The maximum Gasteiger partial charge on any atom is 1.00 e. The van der Waals surface area contributed by atoms with Gasteiger partial charge in [0.05, 0.1) is 0 Å². The van der Waals surface area contributed by atoms with E-state index in [1.807, 2.05) is 0 Å². The first-order valence-electron chi connectivity index (χ1n) is 1.53. The average molecular weight is 298 g/mol. The van der Waals surface area contributed by atoms with Crippen molar-refractivity contribution in [3.05, 3.63) is 0 Å². The maximum atomic E-state index is 9.63. The molecule has 4 N–H and O–H groups in total. The number of hydrogen-bond donors (Lipinski definition) is 4. The third-order valence-corrected chi connectivity index (χ3v) is 1.91. The van der Waals surface area contributed by atoms with Gasteiger partial charge in [-0.1, -0.05) is 0 Å². The maximum absolute atomic E-state index is 9.63. The molecule has 0 saturated carbocycles. The predicted molar refractivity (Wildman–Crippen MR) is 26.3 cm³/mol. The van der Waals surface area contributed by atoms with Crippen LogP contribution in [-0.4, -0.2) is 19.6 Å². The van der Waals surface area contributed by atoms with Crippen LogP contribution in [0.3, 0.4) is 0 Å². The summed E-state index contributed by atoms with van der Waals surface area (Å²) in [6.07, 6.45) is 0. The Bertz CT molecular complexity index is 165. The molecule has 0 amide bonds. The zero-order valence-corrected chi connectivity index (χ0v) is 12.8. The molecule has 0 atom stereocenters. The van der Waals surface area contributed by atoms with E-state index >= 15 is 0 Å². The molecule has 0 unspecified atom stereocenters. The summed E-state index contributed by atoms with van der Waals surface area (Å²) in [6, 6.07) is 0. The minimum Gasteiger partial charge on any atom is -1.00 e. The summed E-state index contributed by atoms with van der Waals surface area (Å²) in [5, 5.41) is 0. The summed E-state index contributed by atoms with van der Waals surface area (Å²) in [7, 11) is -10.1. The van der Waals surface area contributed by atoms with E-state index in [1.165, 1.54) is 0 Å². The average Bonchev–Trinajstić information content (AvgIpc) is 1.14. The third-order valence-electron chi connectivity index (χ3n) is 0.213. The third kappa shape index (κ3) is 23.0. The largest absolute Gasteiger partial charge is 1.00 e. The fourth-order valence-corrected chi connectivity index (χ4v) is 1.25. The fraction of sp³-hybridized carbons (Fsp3) is 0. The van der Waals surface area contributed by atoms with E-state index in [9.17, 15) is 9.13 Å². The van der Waals surface area contributed by atoms with Crippen molar-refractivity contribution in [2.75, 3.05) is 0 Å². The van der Waals surface area contributed by atoms with Gasteiger partial charge in [0.15, 0.2) is 0 Å². The van der Waals surface area contributed by atoms with E-state index in [-0.39, 0.29) is 74.4 Å². The Labute approximate surface area is 122 Å². The van der Waals surface area contributed by atoms with Crippen LogP contribution in [0.5, 0.6) is 0 Å². The zero-order chi connectivity index (χ0) is 7.71. The van der Waals surface area contributed by atoms with Crippen molar-refractivity contribution in [3.8, 4) is 0 Å². The van der Waals surface area contributed by atoms with Crippen LogP contribution in [0.15, 0.2) is 0 Å². The molecule has 0 aliphatic carbocycles. The first kappa shape index (κ1) is 24.1. The first-order chi connectivity index (χ1) is 3.71. The first-order valence-corrected chi connectivity index (χ1v) is 4.59. The van der Waals surface area contributed by atoms with Crippen molar-refractivity contribution >= 4 is 15.6 Å². The van der Waals surface area contributed by atoms with Crippen LogP contribution < -0.4 is 29.6 Å². The standard InChI is InChI=1S/Na.H4O7P2.2Ti.H/c;1-8(2,3)7-9(4,5)6;;;/h;(H2,1,2,3)(H2,4,5,6);;;/q+1;;;;-1. The molecule has 66 valence electrons. The molecule has 12 heteroatoms. The second-order valence-electron chi connectivity index (χ2n) is 1.06. The van der Waals surface area contributed by atoms with Crippen molar-refractivity contribution in [1.29, 1.82) is 0 Å². The van der Waals surface area contributed by atoms with Crippen LogP contribution in [-0.2, 0) is 56.9 Å². The van der Waals surface area contributed by atoms with Crippen LogP contribution in [0, 0.1) is 0 Å². The molecule has 0 saturated heterocycles. The number of phosphoric acid groups is 2. The second-order valence-corrected chi connectivity index (χ2v) is 3.68. The minimum atomic E-state index is -5.05. The summed E-state index contributed by atoms with van der Waals surface area (Å²) in [4.78, 5) is 31.0. The van der Waals surface area contributed by atoms with E-state index in [0.717, 1.165) is 0 Å². The summed E-state index contributed by atoms with van der Waals surface area (Å²) in [5.74, 6) is 0. The van der Waals surface area contributed by atoms with Crippen LogP contribution >= 0.6 is 15.6 Å². The van der Waals surface area contributed by atoms with Gasteiger partial charge in [0.2, 0.25) is 0 Å². The van der Waals surface area contributed by atoms with E-state index < -0.39 is 15.6 Å². The topological polar surface area (TPSA) is 124 Å². The molecule has 7 nitrogen and oxygen atoms in total. The van der Waals surface area contributed by atoms with Gasteiger partial charge in [0, 0.05) is 43.4 Å². The van der Waals surface area contributed by atoms with Crippen LogP contribution in [0.25, 0.3) is 0 Å². The molecule has 0 aromatic rings. The quantitative estimate of drug-likeness (QED) is 0.305. The normalized spacial score (nSPS) is 10.3. The molecule has 12 heavy (non-hydrogen) atoms. The molecule has 0 spiro atoms. The Balaban J connectivity index is -0.0000000533. The fourth-order valence-electron chi connectivity index (χ4n) is 0.139. The molecule has 0 radical (unpaired) electrons. The van der Waals surface area contributed by atoms with Crippen molar-refractivity contribution < 1.29 is 107 Å². The molecule has 0 aromatic heterocycles. The van der Waals surface area contributed by atoms with E-state index in [1.54, 1.807) is 0 Å². The Kier molecular flexibility index (Phi) is 18.0. The van der Waals surface area contributed by atoms with Gasteiger partial charge in [-0.05, 0) is 0 Å². The van der Waals surface area contributed by atoms with E-state index in [2.05, 4.69) is 4.31 Å². The molecular weight excluding hydrogens is 293 g/mol. The monoisotopic (exact) mass is 298 g/mol. The number of hydrogen-bond acceptors (Lipinski definition) is 3. The summed E-state index contributed by atoms with van der Waals surface area (Å²) >= 11 is 0. The Morgan fingerprint density at radius 3 is 1.08 bits per heavy atom. The summed E-state index contributed by atoms with van der Waals surface area (Å²) in [5.41, 5.74) is 0. The molecule has 0 aliphatic rings. The zero-order valence-electron chi connectivity index (χ0n) is 6.91. The SMILES string of the molecule is O=P(O)(O)OP(=O)(O)O.[H-].[Na+].[Ti].[Ti]. The van der Waals surface area contributed by atoms with Crippen LogP contribution in [0.1, 0.15) is 1.43 Å². The summed E-state index contributed by atoms with van der Waals surface area (Å²) in [6.45, 7) is 0. The van der Waals surface area contributed by atoms with Gasteiger partial charge in [0.25, 0.3) is 0 Å². The van der Waals surface area contributed by atoms with Gasteiger partial charge in [-0.25, -0.2) is 9.13 Å². The molecule has 0 rings (SSSR count). The molecule has 0 heterocycles. The van der Waals surface area contributed by atoms with Gasteiger partial charge in [0.1, 0.15) is 0 Å². The predicted octanol–water partition coefficient (Wildman–Crippen LogP) is -3.70. The molecule has 0 bridgehead atoms. The Morgan fingerprint density at radius 2 is 1.08 bits per heavy atom. The van der Waals surface area contributed by atoms with Crippen molar-refractivity contribution in [3.63, 3.8) is 0 Å². The van der Waals surface area contributed by atoms with Gasteiger partial charge in [-0.3, -0.25) is 0 Å². The van der Waals surface area contributed by atoms with E-state index in [4.69, 9.17) is 19.6 Å². The molecule has 0 aliphatic heterocycles. The van der Waals surface area contributed by atoms with Gasteiger partial charge < -0.3 is 21.0 Å². The van der Waals surface area contributed by atoms with Crippen LogP contribution in [0.4, 0.5) is 0 Å². The second kappa shape index (κ2) is 8.95. The number of rotatable bonds is 2. The van der Waals surface area contributed by atoms with Crippen molar-refractivity contribution in [1.82, 2.24) is 0 Å². The van der Waals surface area contributed by atoms with Gasteiger partial charge >= 0.3 is 45.2 Å². The molecular formula is H5NaO7P2Ti2. The molecule has 0 fully saturated rings.